The van der Waals surface area contributed by atoms with Crippen LogP contribution >= 0.6 is 7.60 Å². The number of Topliss-reactive ketones (excluding diaryl/α,β-unsaturated/α-hetero) is 1. The summed E-state index contributed by atoms with van der Waals surface area (Å²) in [7, 11) is -3.99. The molecule has 0 saturated heterocycles. The summed E-state index contributed by atoms with van der Waals surface area (Å²) in [6.45, 7) is 11.9. The van der Waals surface area contributed by atoms with Crippen molar-refractivity contribution in [3.8, 4) is 11.5 Å². The molecule has 6 heteroatoms. The fourth-order valence-corrected chi connectivity index (χ4v) is 5.96. The van der Waals surface area contributed by atoms with E-state index < -0.39 is 19.3 Å². The predicted octanol–water partition coefficient (Wildman–Crippen LogP) is 7.45. The van der Waals surface area contributed by atoms with Crippen LogP contribution in [0.4, 0.5) is 0 Å². The van der Waals surface area contributed by atoms with Crippen LogP contribution in [0.25, 0.3) is 0 Å². The summed E-state index contributed by atoms with van der Waals surface area (Å²) in [6.07, 6.45) is 3.46. The van der Waals surface area contributed by atoms with E-state index in [1.54, 1.807) is 24.3 Å². The first-order valence-electron chi connectivity index (χ1n) is 12.0. The Morgan fingerprint density at radius 2 is 1.27 bits per heavy atom. The molecule has 0 aliphatic carbocycles. The van der Waals surface area contributed by atoms with E-state index in [9.17, 15) is 9.36 Å². The summed E-state index contributed by atoms with van der Waals surface area (Å²) in [5, 5.41) is 0. The number of hydrogen-bond donors (Lipinski definition) is 1. The van der Waals surface area contributed by atoms with Gasteiger partial charge in [0.2, 0.25) is 0 Å². The molecular weight excluding hydrogens is 433 g/mol. The molecule has 0 bridgehead atoms. The van der Waals surface area contributed by atoms with Crippen LogP contribution in [0.15, 0.2) is 48.5 Å². The third-order valence-electron chi connectivity index (χ3n) is 5.86. The fourth-order valence-electron chi connectivity index (χ4n) is 3.80. The molecule has 0 aromatic heterocycles. The molecule has 0 heterocycles. The van der Waals surface area contributed by atoms with Gasteiger partial charge in [0.25, 0.3) is 0 Å². The van der Waals surface area contributed by atoms with Crippen LogP contribution in [0.3, 0.4) is 0 Å². The van der Waals surface area contributed by atoms with Gasteiger partial charge in [0.1, 0.15) is 17.3 Å². The van der Waals surface area contributed by atoms with Crippen molar-refractivity contribution in [1.29, 1.82) is 0 Å². The molecule has 33 heavy (non-hydrogen) atoms. The van der Waals surface area contributed by atoms with E-state index in [1.165, 1.54) is 6.92 Å². The van der Waals surface area contributed by atoms with Crippen molar-refractivity contribution < 1.29 is 18.4 Å². The number of ketones is 1. The molecule has 0 aliphatic heterocycles. The number of carbonyl (C=O) groups is 1. The van der Waals surface area contributed by atoms with Gasteiger partial charge in [-0.2, -0.15) is 0 Å². The number of benzene rings is 2. The lowest BCUT2D eigenvalue weighted by atomic mass is 10.0. The smallest absolute Gasteiger partial charge is 0.416 e. The van der Waals surface area contributed by atoms with Crippen LogP contribution in [0.5, 0.6) is 11.5 Å². The maximum absolute atomic E-state index is 14.3. The molecule has 2 rings (SSSR count). The average Bonchev–Trinajstić information content (AvgIpc) is 2.74. The molecule has 0 spiro atoms. The molecule has 0 saturated carbocycles. The quantitative estimate of drug-likeness (QED) is 0.241. The van der Waals surface area contributed by atoms with E-state index in [-0.39, 0.29) is 5.78 Å². The van der Waals surface area contributed by atoms with Gasteiger partial charge in [-0.15, -0.1) is 0 Å². The first kappa shape index (κ1) is 27.1. The molecule has 0 amide bonds. The molecule has 5 nitrogen and oxygen atoms in total. The molecule has 2 atom stereocenters. The van der Waals surface area contributed by atoms with Crippen molar-refractivity contribution in [1.82, 2.24) is 0 Å². The van der Waals surface area contributed by atoms with Crippen molar-refractivity contribution in [2.75, 3.05) is 0 Å². The molecule has 0 radical (unpaired) electrons. The second-order valence-electron chi connectivity index (χ2n) is 9.39. The highest BCUT2D eigenvalue weighted by atomic mass is 31.2. The molecule has 182 valence electrons. The lowest BCUT2D eigenvalue weighted by molar-refractivity contribution is -0.117. The van der Waals surface area contributed by atoms with E-state index in [2.05, 4.69) is 34.6 Å². The Hall–Kier alpha value is -2.10. The predicted molar refractivity (Wildman–Crippen MR) is 137 cm³/mol. The maximum atomic E-state index is 14.3. The average molecular weight is 474 g/mol. The number of nitrogens with two attached hydrogens (primary N) is 1. The fraction of sp³-hybridized carbons (Fsp3) is 0.519. The molecule has 2 aromatic carbocycles. The monoisotopic (exact) mass is 473 g/mol. The zero-order valence-electron chi connectivity index (χ0n) is 20.9. The largest absolute Gasteiger partial charge is 0.442 e. The minimum atomic E-state index is -3.99. The van der Waals surface area contributed by atoms with Gasteiger partial charge in [0.05, 0.1) is 0 Å². The highest BCUT2D eigenvalue weighted by molar-refractivity contribution is 7.56. The normalized spacial score (nSPS) is 13.7. The van der Waals surface area contributed by atoms with Gasteiger partial charge in [0, 0.05) is 6.04 Å². The third-order valence-corrected chi connectivity index (χ3v) is 8.22. The standard InChI is InChI=1S/C27H40NO4P/c1-7-8-9-10-26(28)27(21(6)29)33(30,31-24-15-11-22(12-16-24)19(2)3)32-25-17-13-23(14-18-25)20(4)5/h11-20,26-27H,7-10,28H2,1-6H3. The Kier molecular flexibility index (Phi) is 10.2. The molecule has 0 fully saturated rings. The van der Waals surface area contributed by atoms with E-state index in [4.69, 9.17) is 14.8 Å². The first-order valence-corrected chi connectivity index (χ1v) is 13.6. The van der Waals surface area contributed by atoms with E-state index in [1.807, 2.05) is 24.3 Å². The van der Waals surface area contributed by atoms with E-state index in [0.717, 1.165) is 30.4 Å². The van der Waals surface area contributed by atoms with Crippen LogP contribution in [0.2, 0.25) is 0 Å². The summed E-state index contributed by atoms with van der Waals surface area (Å²) in [4.78, 5) is 12.7. The minimum absolute atomic E-state index is 0.292. The van der Waals surface area contributed by atoms with Gasteiger partial charge >= 0.3 is 7.60 Å². The van der Waals surface area contributed by atoms with Gasteiger partial charge in [-0.25, -0.2) is 4.57 Å². The van der Waals surface area contributed by atoms with Crippen LogP contribution in [-0.4, -0.2) is 17.5 Å². The Bertz CT molecular complexity index is 865. The van der Waals surface area contributed by atoms with Crippen LogP contribution < -0.4 is 14.8 Å². The summed E-state index contributed by atoms with van der Waals surface area (Å²) >= 11 is 0. The molecule has 2 aromatic rings. The van der Waals surface area contributed by atoms with Crippen molar-refractivity contribution in [2.24, 2.45) is 5.73 Å². The Balaban J connectivity index is 2.41. The maximum Gasteiger partial charge on any atom is 0.442 e. The first-order chi connectivity index (χ1) is 15.6. The molecule has 0 aliphatic rings. The van der Waals surface area contributed by atoms with Gasteiger partial charge < -0.3 is 14.8 Å². The van der Waals surface area contributed by atoms with Crippen LogP contribution in [0.1, 0.15) is 90.2 Å². The van der Waals surface area contributed by atoms with Crippen molar-refractivity contribution in [3.63, 3.8) is 0 Å². The minimum Gasteiger partial charge on any atom is -0.416 e. The lowest BCUT2D eigenvalue weighted by Gasteiger charge is -2.30. The number of carbonyl (C=O) groups excluding carboxylic acids is 1. The summed E-state index contributed by atoms with van der Waals surface area (Å²) < 4.78 is 26.3. The van der Waals surface area contributed by atoms with Gasteiger partial charge in [-0.3, -0.25) is 4.79 Å². The second-order valence-corrected chi connectivity index (χ2v) is 11.4. The zero-order chi connectivity index (χ0) is 24.6. The van der Waals surface area contributed by atoms with Crippen LogP contribution in [-0.2, 0) is 9.36 Å². The van der Waals surface area contributed by atoms with E-state index >= 15 is 0 Å². The van der Waals surface area contributed by atoms with Crippen molar-refractivity contribution >= 4 is 13.4 Å². The summed E-state index contributed by atoms with van der Waals surface area (Å²) in [5.74, 6) is 1.22. The zero-order valence-corrected chi connectivity index (χ0v) is 21.8. The topological polar surface area (TPSA) is 78.6 Å². The molecular formula is C27H40NO4P. The molecule has 2 unspecified atom stereocenters. The van der Waals surface area contributed by atoms with Gasteiger partial charge in [0.15, 0.2) is 5.66 Å². The highest BCUT2D eigenvalue weighted by Crippen LogP contribution is 2.54. The molecule has 2 N–H and O–H groups in total. The van der Waals surface area contributed by atoms with Gasteiger partial charge in [-0.1, -0.05) is 78.1 Å². The van der Waals surface area contributed by atoms with Crippen molar-refractivity contribution in [3.05, 3.63) is 59.7 Å². The lowest BCUT2D eigenvalue weighted by Crippen LogP contribution is -2.41. The number of rotatable bonds is 13. The van der Waals surface area contributed by atoms with Gasteiger partial charge in [-0.05, 0) is 60.6 Å². The highest BCUT2D eigenvalue weighted by Gasteiger charge is 2.46. The SMILES string of the molecule is CCCCCC(N)C(C(C)=O)P(=O)(Oc1ccc(C(C)C)cc1)Oc1ccc(C(C)C)cc1. The Morgan fingerprint density at radius 3 is 1.61 bits per heavy atom. The second kappa shape index (κ2) is 12.4. The number of unbranched alkanes of at least 4 members (excludes halogenated alkanes) is 2. The number of hydrogen-bond acceptors (Lipinski definition) is 5. The summed E-state index contributed by atoms with van der Waals surface area (Å²) in [6, 6.07) is 14.2. The Morgan fingerprint density at radius 1 is 0.848 bits per heavy atom. The Labute approximate surface area is 199 Å². The summed E-state index contributed by atoms with van der Waals surface area (Å²) in [5.41, 5.74) is 7.66. The third kappa shape index (κ3) is 7.72. The van der Waals surface area contributed by atoms with Crippen LogP contribution in [0, 0.1) is 0 Å². The van der Waals surface area contributed by atoms with Crippen molar-refractivity contribution in [2.45, 2.75) is 90.8 Å². The van der Waals surface area contributed by atoms with E-state index in [0.29, 0.717) is 29.8 Å².